The molecular weight excluding hydrogens is 462 g/mol. The van der Waals surface area contributed by atoms with Crippen LogP contribution in [0, 0.1) is 16.0 Å². The molecule has 3 rings (SSSR count). The number of ether oxygens (including phenoxy) is 1. The number of hydrogen-bond donors (Lipinski definition) is 2. The average Bonchev–Trinajstić information content (AvgIpc) is 3.22. The van der Waals surface area contributed by atoms with E-state index in [-0.39, 0.29) is 22.2 Å². The van der Waals surface area contributed by atoms with E-state index in [1.165, 1.54) is 12.1 Å². The van der Waals surface area contributed by atoms with Gasteiger partial charge in [0.15, 0.2) is 11.3 Å². The van der Waals surface area contributed by atoms with Gasteiger partial charge in [0.25, 0.3) is 11.6 Å². The first-order valence-electron chi connectivity index (χ1n) is 10.8. The molecular formula is C24H26ClN3O6. The van der Waals surface area contributed by atoms with Gasteiger partial charge in [-0.05, 0) is 38.0 Å². The lowest BCUT2D eigenvalue weighted by Crippen LogP contribution is -2.50. The number of furan rings is 1. The second-order valence-electron chi connectivity index (χ2n) is 8.10. The van der Waals surface area contributed by atoms with E-state index in [4.69, 9.17) is 20.8 Å². The lowest BCUT2D eigenvalue weighted by atomic mass is 10.0. The van der Waals surface area contributed by atoms with Crippen molar-refractivity contribution in [2.75, 3.05) is 6.61 Å². The molecule has 3 aromatic rings. The van der Waals surface area contributed by atoms with Crippen molar-refractivity contribution < 1.29 is 23.7 Å². The smallest absolute Gasteiger partial charge is 0.270 e. The molecule has 0 saturated carbocycles. The van der Waals surface area contributed by atoms with Gasteiger partial charge in [-0.25, -0.2) is 0 Å². The van der Waals surface area contributed by atoms with Crippen molar-refractivity contribution in [1.82, 2.24) is 10.6 Å². The Morgan fingerprint density at radius 2 is 1.88 bits per heavy atom. The molecule has 0 saturated heterocycles. The molecule has 1 heterocycles. The fraction of sp³-hybridized carbons (Fsp3) is 0.333. The molecule has 0 bridgehead atoms. The number of fused-ring (bicyclic) bond motifs is 1. The molecule has 2 N–H and O–H groups in total. The van der Waals surface area contributed by atoms with Crippen LogP contribution in [0.3, 0.4) is 0 Å². The van der Waals surface area contributed by atoms with Gasteiger partial charge in [0, 0.05) is 17.5 Å². The minimum absolute atomic E-state index is 0.0412. The number of hydrogen-bond acceptors (Lipinski definition) is 6. The summed E-state index contributed by atoms with van der Waals surface area (Å²) < 4.78 is 11.6. The first kappa shape index (κ1) is 25.0. The highest BCUT2D eigenvalue weighted by Crippen LogP contribution is 2.31. The number of nitrogens with one attached hydrogen (secondary N) is 2. The topological polar surface area (TPSA) is 124 Å². The summed E-state index contributed by atoms with van der Waals surface area (Å²) in [4.78, 5) is 36.1. The number of para-hydroxylation sites is 1. The van der Waals surface area contributed by atoms with Crippen LogP contribution in [0.5, 0.6) is 5.75 Å². The van der Waals surface area contributed by atoms with Crippen LogP contribution in [0.25, 0.3) is 11.0 Å². The molecule has 10 heteroatoms. The third-order valence-corrected chi connectivity index (χ3v) is 5.57. The Morgan fingerprint density at radius 1 is 1.15 bits per heavy atom. The van der Waals surface area contributed by atoms with Crippen LogP contribution in [0.1, 0.15) is 49.9 Å². The van der Waals surface area contributed by atoms with Gasteiger partial charge in [-0.3, -0.25) is 19.7 Å². The summed E-state index contributed by atoms with van der Waals surface area (Å²) in [6, 6.07) is 9.61. The van der Waals surface area contributed by atoms with Crippen LogP contribution in [0.15, 0.2) is 46.9 Å². The number of rotatable bonds is 9. The molecule has 2 aromatic carbocycles. The van der Waals surface area contributed by atoms with Crippen molar-refractivity contribution in [2.24, 2.45) is 5.92 Å². The second-order valence-corrected chi connectivity index (χ2v) is 8.51. The van der Waals surface area contributed by atoms with Gasteiger partial charge in [-0.15, -0.1) is 0 Å². The molecule has 2 atom stereocenters. The minimum atomic E-state index is -0.871. The summed E-state index contributed by atoms with van der Waals surface area (Å²) in [5.41, 5.74) is 0.410. The summed E-state index contributed by atoms with van der Waals surface area (Å²) in [5, 5.41) is 17.2. The molecule has 0 aliphatic rings. The van der Waals surface area contributed by atoms with Crippen molar-refractivity contribution in [3.8, 4) is 5.75 Å². The zero-order valence-corrected chi connectivity index (χ0v) is 20.0. The lowest BCUT2D eigenvalue weighted by molar-refractivity contribution is -0.384. The fourth-order valence-electron chi connectivity index (χ4n) is 3.47. The highest BCUT2D eigenvalue weighted by atomic mass is 35.5. The predicted octanol–water partition coefficient (Wildman–Crippen LogP) is 5.02. The Morgan fingerprint density at radius 3 is 2.50 bits per heavy atom. The SMILES string of the molecule is CCOc1cccc2cc(C(C)NC(=O)[C@@H](NC(=O)c3ccc([N+](=O)[O-])cc3Cl)C(C)C)oc12. The van der Waals surface area contributed by atoms with Crippen LogP contribution >= 0.6 is 11.6 Å². The lowest BCUT2D eigenvalue weighted by Gasteiger charge is -2.23. The van der Waals surface area contributed by atoms with Crippen molar-refractivity contribution >= 4 is 40.1 Å². The molecule has 0 aliphatic carbocycles. The van der Waals surface area contributed by atoms with E-state index in [0.29, 0.717) is 23.7 Å². The molecule has 34 heavy (non-hydrogen) atoms. The maximum absolute atomic E-state index is 13.0. The predicted molar refractivity (Wildman–Crippen MR) is 128 cm³/mol. The maximum atomic E-state index is 13.0. The number of carbonyl (C=O) groups excluding carboxylic acids is 2. The first-order valence-corrected chi connectivity index (χ1v) is 11.2. The second kappa shape index (κ2) is 10.6. The molecule has 1 unspecified atom stereocenters. The third kappa shape index (κ3) is 5.48. The van der Waals surface area contributed by atoms with Gasteiger partial charge in [-0.2, -0.15) is 0 Å². The van der Waals surface area contributed by atoms with E-state index in [1.807, 2.05) is 31.2 Å². The molecule has 0 spiro atoms. The van der Waals surface area contributed by atoms with Crippen LogP contribution < -0.4 is 15.4 Å². The summed E-state index contributed by atoms with van der Waals surface area (Å²) in [5.74, 6) is -0.0844. The van der Waals surface area contributed by atoms with Gasteiger partial charge < -0.3 is 19.8 Å². The van der Waals surface area contributed by atoms with Gasteiger partial charge in [-0.1, -0.05) is 37.6 Å². The minimum Gasteiger partial charge on any atom is -0.490 e. The van der Waals surface area contributed by atoms with Crippen molar-refractivity contribution in [3.05, 3.63) is 68.9 Å². The van der Waals surface area contributed by atoms with Gasteiger partial charge in [0.2, 0.25) is 5.91 Å². The largest absolute Gasteiger partial charge is 0.490 e. The summed E-state index contributed by atoms with van der Waals surface area (Å²) in [6.45, 7) is 7.75. The normalized spacial score (nSPS) is 12.9. The number of carbonyl (C=O) groups is 2. The molecule has 9 nitrogen and oxygen atoms in total. The van der Waals surface area contributed by atoms with E-state index in [1.54, 1.807) is 20.8 Å². The maximum Gasteiger partial charge on any atom is 0.270 e. The first-order chi connectivity index (χ1) is 16.1. The highest BCUT2D eigenvalue weighted by molar-refractivity contribution is 6.34. The van der Waals surface area contributed by atoms with E-state index in [0.717, 1.165) is 11.5 Å². The molecule has 2 amide bonds. The number of benzene rings is 2. The fourth-order valence-corrected chi connectivity index (χ4v) is 3.73. The average molecular weight is 488 g/mol. The number of amides is 2. The Hall–Kier alpha value is -3.59. The number of nitro groups is 1. The van der Waals surface area contributed by atoms with E-state index in [9.17, 15) is 19.7 Å². The number of nitrogens with zero attached hydrogens (tertiary/aromatic N) is 1. The van der Waals surface area contributed by atoms with E-state index in [2.05, 4.69) is 10.6 Å². The van der Waals surface area contributed by atoms with Crippen molar-refractivity contribution in [2.45, 2.75) is 39.8 Å². The quantitative estimate of drug-likeness (QED) is 0.322. The molecule has 0 fully saturated rings. The Balaban J connectivity index is 1.75. The zero-order valence-electron chi connectivity index (χ0n) is 19.3. The van der Waals surface area contributed by atoms with Crippen molar-refractivity contribution in [1.29, 1.82) is 0 Å². The Bertz CT molecular complexity index is 1220. The van der Waals surface area contributed by atoms with Gasteiger partial charge in [0.05, 0.1) is 28.2 Å². The Labute approximate surface area is 201 Å². The van der Waals surface area contributed by atoms with Crippen LogP contribution in [0.4, 0.5) is 5.69 Å². The van der Waals surface area contributed by atoms with Crippen LogP contribution in [0.2, 0.25) is 5.02 Å². The van der Waals surface area contributed by atoms with Crippen molar-refractivity contribution in [3.63, 3.8) is 0 Å². The van der Waals surface area contributed by atoms with Crippen LogP contribution in [-0.4, -0.2) is 29.4 Å². The van der Waals surface area contributed by atoms with Gasteiger partial charge >= 0.3 is 0 Å². The van der Waals surface area contributed by atoms with E-state index < -0.39 is 28.8 Å². The third-order valence-electron chi connectivity index (χ3n) is 5.26. The van der Waals surface area contributed by atoms with E-state index >= 15 is 0 Å². The van der Waals surface area contributed by atoms with Crippen LogP contribution in [-0.2, 0) is 4.79 Å². The number of halogens is 1. The highest BCUT2D eigenvalue weighted by Gasteiger charge is 2.28. The molecule has 180 valence electrons. The zero-order chi connectivity index (χ0) is 25.0. The Kier molecular flexibility index (Phi) is 7.78. The monoisotopic (exact) mass is 487 g/mol. The molecule has 0 radical (unpaired) electrons. The summed E-state index contributed by atoms with van der Waals surface area (Å²) in [6.07, 6.45) is 0. The molecule has 0 aliphatic heterocycles. The number of non-ortho nitro benzene ring substituents is 1. The summed E-state index contributed by atoms with van der Waals surface area (Å²) >= 11 is 6.06. The molecule has 1 aromatic heterocycles. The summed E-state index contributed by atoms with van der Waals surface area (Å²) in [7, 11) is 0. The van der Waals surface area contributed by atoms with Gasteiger partial charge in [0.1, 0.15) is 11.8 Å². The standard InChI is InChI=1S/C24H26ClN3O6/c1-5-33-19-8-6-7-15-11-20(34-22(15)19)14(4)26-24(30)21(13(2)3)27-23(29)17-10-9-16(28(31)32)12-18(17)25/h6-14,21H,5H2,1-4H3,(H,26,30)(H,27,29)/t14?,21-/m0/s1. The number of nitro benzene ring substituents is 1.